The Morgan fingerprint density at radius 2 is 1.65 bits per heavy atom. The smallest absolute Gasteiger partial charge is 0.256 e. The first-order chi connectivity index (χ1) is 12.3. The molecule has 130 valence electrons. The lowest BCUT2D eigenvalue weighted by Crippen LogP contribution is -2.13. The molecule has 0 radical (unpaired) electrons. The van der Waals surface area contributed by atoms with Gasteiger partial charge in [0.1, 0.15) is 5.76 Å². The van der Waals surface area contributed by atoms with Gasteiger partial charge in [0.05, 0.1) is 0 Å². The largest absolute Gasteiger partial charge is 0.359 e. The molecule has 4 rings (SSSR count). The third-order valence-corrected chi connectivity index (χ3v) is 4.48. The number of benzene rings is 2. The highest BCUT2D eigenvalue weighted by atomic mass is 16.5. The summed E-state index contributed by atoms with van der Waals surface area (Å²) in [6.07, 6.45) is 0. The number of hydrogen-bond acceptors (Lipinski definition) is 4. The molecule has 1 heterocycles. The number of ketones is 1. The molecule has 5 nitrogen and oxygen atoms in total. The second-order valence-corrected chi connectivity index (χ2v) is 7.42. The molecule has 5 heteroatoms. The van der Waals surface area contributed by atoms with E-state index in [1.807, 2.05) is 45.0 Å². The van der Waals surface area contributed by atoms with Crippen LogP contribution in [0.2, 0.25) is 0 Å². The van der Waals surface area contributed by atoms with Crippen molar-refractivity contribution < 1.29 is 14.1 Å². The first kappa shape index (κ1) is 16.3. The Labute approximate surface area is 151 Å². The summed E-state index contributed by atoms with van der Waals surface area (Å²) in [6, 6.07) is 14.4. The standard InChI is InChI=1S/C21H18N2O3/c1-21(2,3)17-11-18(23-26-17)22-20(25)12-8-9-14-13-6-4-5-7-15(13)19(24)16(14)10-12/h4-11H,1-3H3,(H,22,23,25). The van der Waals surface area contributed by atoms with Crippen LogP contribution in [0.25, 0.3) is 11.1 Å². The van der Waals surface area contributed by atoms with E-state index in [2.05, 4.69) is 10.5 Å². The zero-order valence-corrected chi connectivity index (χ0v) is 14.8. The van der Waals surface area contributed by atoms with Gasteiger partial charge in [-0.05, 0) is 23.3 Å². The van der Waals surface area contributed by atoms with Gasteiger partial charge in [0, 0.05) is 28.2 Å². The van der Waals surface area contributed by atoms with Gasteiger partial charge in [-0.15, -0.1) is 0 Å². The predicted molar refractivity (Wildman–Crippen MR) is 98.5 cm³/mol. The summed E-state index contributed by atoms with van der Waals surface area (Å²) in [7, 11) is 0. The topological polar surface area (TPSA) is 72.2 Å². The molecule has 3 aromatic rings. The minimum absolute atomic E-state index is 0.0540. The summed E-state index contributed by atoms with van der Waals surface area (Å²) in [6.45, 7) is 6.01. The van der Waals surface area contributed by atoms with E-state index in [1.165, 1.54) is 0 Å². The van der Waals surface area contributed by atoms with Crippen LogP contribution >= 0.6 is 0 Å². The van der Waals surface area contributed by atoms with Crippen LogP contribution in [0.1, 0.15) is 52.8 Å². The zero-order chi connectivity index (χ0) is 18.5. The van der Waals surface area contributed by atoms with Crippen LogP contribution < -0.4 is 5.32 Å². The Kier molecular flexibility index (Phi) is 3.54. The van der Waals surface area contributed by atoms with E-state index in [9.17, 15) is 9.59 Å². The molecule has 1 N–H and O–H groups in total. The number of amides is 1. The summed E-state index contributed by atoms with van der Waals surface area (Å²) < 4.78 is 5.28. The van der Waals surface area contributed by atoms with Crippen LogP contribution in [0.3, 0.4) is 0 Å². The first-order valence-electron chi connectivity index (χ1n) is 8.41. The number of fused-ring (bicyclic) bond motifs is 3. The number of carbonyl (C=O) groups is 2. The maximum absolute atomic E-state index is 12.6. The zero-order valence-electron chi connectivity index (χ0n) is 14.8. The van der Waals surface area contributed by atoms with Crippen molar-refractivity contribution in [2.45, 2.75) is 26.2 Å². The Morgan fingerprint density at radius 1 is 0.962 bits per heavy atom. The highest BCUT2D eigenvalue weighted by molar-refractivity contribution is 6.22. The number of aromatic nitrogens is 1. The van der Waals surface area contributed by atoms with Crippen molar-refractivity contribution in [1.82, 2.24) is 5.16 Å². The van der Waals surface area contributed by atoms with Crippen LogP contribution in [0.4, 0.5) is 5.82 Å². The minimum atomic E-state index is -0.328. The average molecular weight is 346 g/mol. The summed E-state index contributed by atoms with van der Waals surface area (Å²) in [4.78, 5) is 25.1. The van der Waals surface area contributed by atoms with Crippen LogP contribution in [0, 0.1) is 0 Å². The molecule has 1 aromatic heterocycles. The molecule has 0 unspecified atom stereocenters. The van der Waals surface area contributed by atoms with Gasteiger partial charge in [-0.25, -0.2) is 0 Å². The molecule has 26 heavy (non-hydrogen) atoms. The molecule has 1 aliphatic carbocycles. The van der Waals surface area contributed by atoms with Crippen LogP contribution in [0.5, 0.6) is 0 Å². The molecule has 0 saturated carbocycles. The van der Waals surface area contributed by atoms with Crippen molar-refractivity contribution >= 4 is 17.5 Å². The van der Waals surface area contributed by atoms with E-state index >= 15 is 0 Å². The highest BCUT2D eigenvalue weighted by Crippen LogP contribution is 2.36. The van der Waals surface area contributed by atoms with Gasteiger partial charge in [0.2, 0.25) is 0 Å². The fourth-order valence-corrected chi connectivity index (χ4v) is 3.05. The van der Waals surface area contributed by atoms with Crippen molar-refractivity contribution in [2.75, 3.05) is 5.32 Å². The Morgan fingerprint density at radius 3 is 2.35 bits per heavy atom. The van der Waals surface area contributed by atoms with Crippen LogP contribution in [-0.4, -0.2) is 16.8 Å². The van der Waals surface area contributed by atoms with Gasteiger partial charge in [-0.1, -0.05) is 56.3 Å². The summed E-state index contributed by atoms with van der Waals surface area (Å²) in [5, 5.41) is 6.62. The summed E-state index contributed by atoms with van der Waals surface area (Å²) >= 11 is 0. The Bertz CT molecular complexity index is 1040. The Hall–Kier alpha value is -3.21. The lowest BCUT2D eigenvalue weighted by atomic mass is 9.93. The third-order valence-electron chi connectivity index (χ3n) is 4.48. The summed E-state index contributed by atoms with van der Waals surface area (Å²) in [5.41, 5.74) is 3.21. The van der Waals surface area contributed by atoms with Gasteiger partial charge in [-0.2, -0.15) is 0 Å². The first-order valence-corrected chi connectivity index (χ1v) is 8.41. The summed E-state index contributed by atoms with van der Waals surface area (Å²) in [5.74, 6) is 0.662. The van der Waals surface area contributed by atoms with Gasteiger partial charge in [0.25, 0.3) is 5.91 Å². The molecule has 0 aliphatic heterocycles. The molecular formula is C21H18N2O3. The normalized spacial score (nSPS) is 12.7. The molecule has 0 fully saturated rings. The van der Waals surface area contributed by atoms with Gasteiger partial charge < -0.3 is 9.84 Å². The van der Waals surface area contributed by atoms with Crippen molar-refractivity contribution in [2.24, 2.45) is 0 Å². The highest BCUT2D eigenvalue weighted by Gasteiger charge is 2.27. The molecular weight excluding hydrogens is 328 g/mol. The van der Waals surface area contributed by atoms with Crippen molar-refractivity contribution in [3.05, 3.63) is 71.0 Å². The van der Waals surface area contributed by atoms with E-state index in [0.29, 0.717) is 28.3 Å². The number of anilines is 1. The number of hydrogen-bond donors (Lipinski definition) is 1. The minimum Gasteiger partial charge on any atom is -0.359 e. The monoisotopic (exact) mass is 346 g/mol. The molecule has 1 aliphatic rings. The maximum atomic E-state index is 12.6. The van der Waals surface area contributed by atoms with E-state index < -0.39 is 0 Å². The van der Waals surface area contributed by atoms with E-state index in [1.54, 1.807) is 24.3 Å². The second kappa shape index (κ2) is 5.66. The molecule has 1 amide bonds. The second-order valence-electron chi connectivity index (χ2n) is 7.42. The Balaban J connectivity index is 1.61. The van der Waals surface area contributed by atoms with E-state index in [0.717, 1.165) is 11.1 Å². The lowest BCUT2D eigenvalue weighted by Gasteiger charge is -2.12. The number of rotatable bonds is 2. The van der Waals surface area contributed by atoms with Gasteiger partial charge in [0.15, 0.2) is 11.6 Å². The number of nitrogens with one attached hydrogen (secondary N) is 1. The quantitative estimate of drug-likeness (QED) is 0.582. The van der Waals surface area contributed by atoms with Crippen molar-refractivity contribution in [1.29, 1.82) is 0 Å². The molecule has 0 spiro atoms. The van der Waals surface area contributed by atoms with Crippen molar-refractivity contribution in [3.63, 3.8) is 0 Å². The van der Waals surface area contributed by atoms with E-state index in [-0.39, 0.29) is 17.1 Å². The number of nitrogens with zero attached hydrogens (tertiary/aromatic N) is 1. The lowest BCUT2D eigenvalue weighted by molar-refractivity contribution is 0.102. The van der Waals surface area contributed by atoms with Crippen molar-refractivity contribution in [3.8, 4) is 11.1 Å². The van der Waals surface area contributed by atoms with E-state index in [4.69, 9.17) is 4.52 Å². The maximum Gasteiger partial charge on any atom is 0.256 e. The van der Waals surface area contributed by atoms with Crippen LogP contribution in [0.15, 0.2) is 53.1 Å². The number of carbonyl (C=O) groups excluding carboxylic acids is 2. The SMILES string of the molecule is CC(C)(C)c1cc(NC(=O)c2ccc3c(c2)C(=O)c2ccccc2-3)no1. The average Bonchev–Trinajstić information content (AvgIpc) is 3.19. The molecule has 0 atom stereocenters. The van der Waals surface area contributed by atoms with Crippen LogP contribution in [-0.2, 0) is 5.41 Å². The fraction of sp³-hybridized carbons (Fsp3) is 0.190. The fourth-order valence-electron chi connectivity index (χ4n) is 3.05. The molecule has 0 saturated heterocycles. The van der Waals surface area contributed by atoms with Gasteiger partial charge >= 0.3 is 0 Å². The predicted octanol–water partition coefficient (Wildman–Crippen LogP) is 4.44. The molecule has 0 bridgehead atoms. The molecule has 2 aromatic carbocycles. The third kappa shape index (κ3) is 2.62. The van der Waals surface area contributed by atoms with Gasteiger partial charge in [-0.3, -0.25) is 9.59 Å².